The van der Waals surface area contributed by atoms with E-state index in [2.05, 4.69) is 34.1 Å². The molecule has 1 aliphatic rings. The lowest BCUT2D eigenvalue weighted by Crippen LogP contribution is -2.36. The zero-order chi connectivity index (χ0) is 16.7. The lowest BCUT2D eigenvalue weighted by molar-refractivity contribution is 0.117. The van der Waals surface area contributed by atoms with E-state index in [1.165, 1.54) is 10.8 Å². The van der Waals surface area contributed by atoms with E-state index in [4.69, 9.17) is 0 Å². The molecular weight excluding hydrogens is 302 g/mol. The van der Waals surface area contributed by atoms with Crippen molar-refractivity contribution in [1.29, 1.82) is 0 Å². The second-order valence-corrected chi connectivity index (χ2v) is 6.55. The fraction of sp³-hybridized carbons (Fsp3) is 0.316. The number of nitrogens with zero attached hydrogens (tertiary/aromatic N) is 2. The van der Waals surface area contributed by atoms with Gasteiger partial charge >= 0.3 is 6.03 Å². The number of benzene rings is 2. The Morgan fingerprint density at radius 2 is 1.67 bits per heavy atom. The molecule has 0 bridgehead atoms. The first-order valence-corrected chi connectivity index (χ1v) is 8.33. The molecule has 2 atom stereocenters. The van der Waals surface area contributed by atoms with Crippen LogP contribution in [-0.4, -0.2) is 45.8 Å². The molecule has 0 unspecified atom stereocenters. The van der Waals surface area contributed by atoms with Crippen molar-refractivity contribution in [3.63, 3.8) is 0 Å². The third-order valence-corrected chi connectivity index (χ3v) is 4.66. The molecule has 1 aromatic heterocycles. The largest absolute Gasteiger partial charge is 0.389 e. The van der Waals surface area contributed by atoms with Gasteiger partial charge in [0.05, 0.1) is 19.2 Å². The van der Waals surface area contributed by atoms with Crippen LogP contribution in [0.3, 0.4) is 0 Å². The summed E-state index contributed by atoms with van der Waals surface area (Å²) in [7, 11) is 0. The van der Waals surface area contributed by atoms with Gasteiger partial charge in [0.15, 0.2) is 0 Å². The third kappa shape index (κ3) is 2.51. The fourth-order valence-electron chi connectivity index (χ4n) is 3.64. The van der Waals surface area contributed by atoms with Crippen LogP contribution >= 0.6 is 0 Å². The lowest BCUT2D eigenvalue weighted by Gasteiger charge is -2.20. The molecule has 0 saturated carbocycles. The van der Waals surface area contributed by atoms with Gasteiger partial charge in [0.25, 0.3) is 0 Å². The topological polar surface area (TPSA) is 57.5 Å². The van der Waals surface area contributed by atoms with Gasteiger partial charge in [0.1, 0.15) is 0 Å². The van der Waals surface area contributed by atoms with Gasteiger partial charge in [-0.25, -0.2) is 4.79 Å². The van der Waals surface area contributed by atoms with E-state index in [-0.39, 0.29) is 12.1 Å². The summed E-state index contributed by atoms with van der Waals surface area (Å²) < 4.78 is 2.15. The van der Waals surface area contributed by atoms with E-state index < -0.39 is 6.10 Å². The maximum atomic E-state index is 11.8. The average molecular weight is 323 g/mol. The third-order valence-electron chi connectivity index (χ3n) is 4.66. The van der Waals surface area contributed by atoms with Crippen LogP contribution in [0.4, 0.5) is 4.79 Å². The van der Waals surface area contributed by atoms with E-state index in [9.17, 15) is 9.90 Å². The number of aliphatic hydroxyl groups is 1. The number of hydrogen-bond donors (Lipinski definition) is 2. The first-order chi connectivity index (χ1) is 11.6. The molecule has 0 spiro atoms. The molecule has 2 aromatic carbocycles. The number of fused-ring (bicyclic) bond motifs is 3. The quantitative estimate of drug-likeness (QED) is 0.775. The van der Waals surface area contributed by atoms with Crippen molar-refractivity contribution in [3.05, 3.63) is 48.5 Å². The number of hydrogen-bond acceptors (Lipinski definition) is 2. The van der Waals surface area contributed by atoms with Crippen molar-refractivity contribution in [2.75, 3.05) is 13.1 Å². The Balaban J connectivity index is 1.65. The second-order valence-electron chi connectivity index (χ2n) is 6.55. The Hall–Kier alpha value is -2.53. The summed E-state index contributed by atoms with van der Waals surface area (Å²) in [5, 5.41) is 15.8. The summed E-state index contributed by atoms with van der Waals surface area (Å²) in [5.74, 6) is 0. The Morgan fingerprint density at radius 3 is 2.21 bits per heavy atom. The van der Waals surface area contributed by atoms with Crippen LogP contribution in [0.1, 0.15) is 6.92 Å². The minimum Gasteiger partial charge on any atom is -0.389 e. The summed E-state index contributed by atoms with van der Waals surface area (Å²) in [5.41, 5.74) is 2.22. The predicted molar refractivity (Wildman–Crippen MR) is 95.0 cm³/mol. The molecule has 2 N–H and O–H groups in total. The minimum absolute atomic E-state index is 0.0937. The molecule has 4 rings (SSSR count). The molecule has 1 aliphatic heterocycles. The summed E-state index contributed by atoms with van der Waals surface area (Å²) in [6.07, 6.45) is -0.611. The molecule has 2 heterocycles. The molecule has 1 saturated heterocycles. The van der Waals surface area contributed by atoms with Crippen LogP contribution in [-0.2, 0) is 6.54 Å². The smallest absolute Gasteiger partial charge is 0.317 e. The van der Waals surface area contributed by atoms with Crippen LogP contribution in [0.25, 0.3) is 21.8 Å². The van der Waals surface area contributed by atoms with E-state index >= 15 is 0 Å². The zero-order valence-corrected chi connectivity index (χ0v) is 13.6. The van der Waals surface area contributed by atoms with E-state index in [1.807, 2.05) is 31.2 Å². The van der Waals surface area contributed by atoms with Gasteiger partial charge in [-0.15, -0.1) is 0 Å². The molecule has 3 aromatic rings. The maximum Gasteiger partial charge on any atom is 0.317 e. The van der Waals surface area contributed by atoms with Crippen molar-refractivity contribution in [2.24, 2.45) is 0 Å². The van der Waals surface area contributed by atoms with Gasteiger partial charge in [0, 0.05) is 34.4 Å². The minimum atomic E-state index is -0.611. The number of urea groups is 1. The maximum absolute atomic E-state index is 11.8. The van der Waals surface area contributed by atoms with Gasteiger partial charge in [-0.05, 0) is 19.1 Å². The van der Waals surface area contributed by atoms with Gasteiger partial charge < -0.3 is 19.9 Å². The molecule has 5 nitrogen and oxygen atoms in total. The van der Waals surface area contributed by atoms with Gasteiger partial charge in [-0.1, -0.05) is 36.4 Å². The molecule has 0 aliphatic carbocycles. The highest BCUT2D eigenvalue weighted by Gasteiger charge is 2.27. The summed E-state index contributed by atoms with van der Waals surface area (Å²) in [6, 6.07) is 16.5. The van der Waals surface area contributed by atoms with Gasteiger partial charge in [-0.3, -0.25) is 0 Å². The molecule has 0 radical (unpaired) electrons. The highest BCUT2D eigenvalue weighted by molar-refractivity contribution is 6.07. The predicted octanol–water partition coefficient (Wildman–Crippen LogP) is 2.57. The standard InChI is InChI=1S/C19H21N3O2/c1-13-10-21(19(24)20-13)11-14(23)12-22-17-8-4-2-6-15(17)16-7-3-5-9-18(16)22/h2-9,13-14,23H,10-12H2,1H3,(H,20,24)/t13-,14+/m0/s1. The highest BCUT2D eigenvalue weighted by Crippen LogP contribution is 2.28. The number of β-amino-alcohol motifs (C(OH)–C–C–N with tert-alkyl or cyclic N) is 1. The molecule has 5 heteroatoms. The number of carbonyl (C=O) groups excluding carboxylic acids is 1. The molecule has 124 valence electrons. The SMILES string of the molecule is C[C@H]1CN(C[C@@H](O)Cn2c3ccccc3c3ccccc32)C(=O)N1. The van der Waals surface area contributed by atoms with E-state index in [1.54, 1.807) is 4.90 Å². The number of aromatic nitrogens is 1. The van der Waals surface area contributed by atoms with Crippen molar-refractivity contribution in [3.8, 4) is 0 Å². The first-order valence-electron chi connectivity index (χ1n) is 8.33. The van der Waals surface area contributed by atoms with E-state index in [0.29, 0.717) is 19.6 Å². The Morgan fingerprint density at radius 1 is 1.08 bits per heavy atom. The Labute approximate surface area is 140 Å². The van der Waals surface area contributed by atoms with Crippen molar-refractivity contribution in [1.82, 2.24) is 14.8 Å². The average Bonchev–Trinajstić information content (AvgIpc) is 3.06. The van der Waals surface area contributed by atoms with Crippen LogP contribution in [0.5, 0.6) is 0 Å². The van der Waals surface area contributed by atoms with Crippen LogP contribution in [0, 0.1) is 0 Å². The number of carbonyl (C=O) groups is 1. The van der Waals surface area contributed by atoms with Crippen LogP contribution in [0.2, 0.25) is 0 Å². The summed E-state index contributed by atoms with van der Waals surface area (Å²) in [4.78, 5) is 13.5. The monoisotopic (exact) mass is 323 g/mol. The first kappa shape index (κ1) is 15.0. The Kier molecular flexibility index (Phi) is 3.65. The van der Waals surface area contributed by atoms with Crippen LogP contribution < -0.4 is 5.32 Å². The van der Waals surface area contributed by atoms with Crippen molar-refractivity contribution >= 4 is 27.8 Å². The Bertz CT molecular complexity index is 849. The zero-order valence-electron chi connectivity index (χ0n) is 13.6. The summed E-state index contributed by atoms with van der Waals surface area (Å²) in [6.45, 7) is 3.42. The fourth-order valence-corrected chi connectivity index (χ4v) is 3.64. The number of amides is 2. The lowest BCUT2D eigenvalue weighted by atomic mass is 10.2. The number of nitrogens with one attached hydrogen (secondary N) is 1. The second kappa shape index (κ2) is 5.83. The van der Waals surface area contributed by atoms with Crippen molar-refractivity contribution in [2.45, 2.75) is 25.6 Å². The molecule has 2 amide bonds. The van der Waals surface area contributed by atoms with E-state index in [0.717, 1.165) is 11.0 Å². The number of rotatable bonds is 4. The molecule has 1 fully saturated rings. The number of aliphatic hydroxyl groups excluding tert-OH is 1. The van der Waals surface area contributed by atoms with Crippen molar-refractivity contribution < 1.29 is 9.90 Å². The van der Waals surface area contributed by atoms with Gasteiger partial charge in [0.2, 0.25) is 0 Å². The molecular formula is C19H21N3O2. The highest BCUT2D eigenvalue weighted by atomic mass is 16.3. The normalized spacial score (nSPS) is 19.2. The van der Waals surface area contributed by atoms with Gasteiger partial charge in [-0.2, -0.15) is 0 Å². The molecule has 24 heavy (non-hydrogen) atoms. The summed E-state index contributed by atoms with van der Waals surface area (Å²) >= 11 is 0. The number of para-hydroxylation sites is 2. The van der Waals surface area contributed by atoms with Crippen LogP contribution in [0.15, 0.2) is 48.5 Å².